The van der Waals surface area contributed by atoms with Crippen LogP contribution in [0.5, 0.6) is 0 Å². The average molecular weight is 195 g/mol. The second-order valence-corrected chi connectivity index (χ2v) is 3.98. The number of thiocarbonyl (C=S) groups is 1. The first-order valence-electron chi connectivity index (χ1n) is 3.37. The fraction of sp³-hybridized carbons (Fsp3) is 0.143. The van der Waals surface area contributed by atoms with Gasteiger partial charge in [-0.2, -0.15) is 4.99 Å². The van der Waals surface area contributed by atoms with Gasteiger partial charge in [-0.15, -0.1) is 21.6 Å². The standard InChI is InChI=1S/C7H5N3S2/c1-4-2-3-5(12-4)6-8-7(11)10-9-6/h2-3H,1H3. The van der Waals surface area contributed by atoms with Gasteiger partial charge in [0.1, 0.15) is 0 Å². The van der Waals surface area contributed by atoms with E-state index in [1.807, 2.05) is 19.1 Å². The van der Waals surface area contributed by atoms with Crippen molar-refractivity contribution in [2.45, 2.75) is 6.92 Å². The molecule has 12 heavy (non-hydrogen) atoms. The third-order valence-corrected chi connectivity index (χ3v) is 2.56. The quantitative estimate of drug-likeness (QED) is 0.634. The molecule has 1 aliphatic rings. The largest absolute Gasteiger partial charge is 0.242 e. The molecule has 1 aromatic heterocycles. The molecule has 1 aliphatic heterocycles. The first kappa shape index (κ1) is 7.70. The number of hydrogen-bond acceptors (Lipinski definition) is 3. The van der Waals surface area contributed by atoms with Crippen LogP contribution >= 0.6 is 23.6 Å². The van der Waals surface area contributed by atoms with Crippen molar-refractivity contribution in [3.05, 3.63) is 21.9 Å². The average Bonchev–Trinajstić information content (AvgIpc) is 2.58. The molecule has 0 bridgehead atoms. The minimum Gasteiger partial charge on any atom is -0.194 e. The maximum Gasteiger partial charge on any atom is 0.242 e. The van der Waals surface area contributed by atoms with Crippen LogP contribution in [0.4, 0.5) is 0 Å². The predicted octanol–water partition coefficient (Wildman–Crippen LogP) is 2.55. The lowest BCUT2D eigenvalue weighted by Gasteiger charge is -1.85. The van der Waals surface area contributed by atoms with E-state index in [4.69, 9.17) is 12.2 Å². The van der Waals surface area contributed by atoms with Crippen molar-refractivity contribution in [1.82, 2.24) is 0 Å². The molecule has 1 aromatic rings. The van der Waals surface area contributed by atoms with Gasteiger partial charge in [-0.25, -0.2) is 0 Å². The van der Waals surface area contributed by atoms with Gasteiger partial charge in [-0.3, -0.25) is 0 Å². The maximum atomic E-state index is 4.76. The molecule has 0 spiro atoms. The van der Waals surface area contributed by atoms with Gasteiger partial charge < -0.3 is 0 Å². The number of azo groups is 1. The molecule has 0 N–H and O–H groups in total. The topological polar surface area (TPSA) is 37.1 Å². The lowest BCUT2D eigenvalue weighted by molar-refractivity contribution is 1.41. The summed E-state index contributed by atoms with van der Waals surface area (Å²) in [4.78, 5) is 6.26. The highest BCUT2D eigenvalue weighted by Gasteiger charge is 2.10. The van der Waals surface area contributed by atoms with Crippen molar-refractivity contribution in [3.63, 3.8) is 0 Å². The van der Waals surface area contributed by atoms with E-state index in [1.165, 1.54) is 4.88 Å². The number of rotatable bonds is 1. The molecule has 0 saturated carbocycles. The Balaban J connectivity index is 2.39. The third kappa shape index (κ3) is 1.33. The summed E-state index contributed by atoms with van der Waals surface area (Å²) >= 11 is 6.40. The minimum atomic E-state index is 0.316. The number of aryl methyl sites for hydroxylation is 1. The maximum absolute atomic E-state index is 4.76. The molecule has 2 rings (SSSR count). The van der Waals surface area contributed by atoms with E-state index in [-0.39, 0.29) is 0 Å². The van der Waals surface area contributed by atoms with Crippen LogP contribution in [0, 0.1) is 6.92 Å². The van der Waals surface area contributed by atoms with Crippen molar-refractivity contribution in [1.29, 1.82) is 0 Å². The Kier molecular flexibility index (Phi) is 1.82. The van der Waals surface area contributed by atoms with E-state index in [9.17, 15) is 0 Å². The highest BCUT2D eigenvalue weighted by atomic mass is 32.1. The molecule has 2 heterocycles. The van der Waals surface area contributed by atoms with Gasteiger partial charge in [-0.05, 0) is 31.3 Å². The lowest BCUT2D eigenvalue weighted by Crippen LogP contribution is -1.88. The van der Waals surface area contributed by atoms with Crippen molar-refractivity contribution < 1.29 is 0 Å². The highest BCUT2D eigenvalue weighted by molar-refractivity contribution is 7.80. The molecule has 60 valence electrons. The van der Waals surface area contributed by atoms with E-state index in [0.29, 0.717) is 10.9 Å². The van der Waals surface area contributed by atoms with Crippen LogP contribution in [0.1, 0.15) is 9.75 Å². The molecule has 0 atom stereocenters. The van der Waals surface area contributed by atoms with Crippen molar-refractivity contribution in [2.75, 3.05) is 0 Å². The summed E-state index contributed by atoms with van der Waals surface area (Å²) in [6.07, 6.45) is 0. The molecular weight excluding hydrogens is 190 g/mol. The van der Waals surface area contributed by atoms with Crippen LogP contribution in [-0.2, 0) is 0 Å². The Morgan fingerprint density at radius 2 is 2.17 bits per heavy atom. The minimum absolute atomic E-state index is 0.316. The highest BCUT2D eigenvalue weighted by Crippen LogP contribution is 2.18. The van der Waals surface area contributed by atoms with Crippen LogP contribution in [0.15, 0.2) is 27.4 Å². The molecule has 0 aliphatic carbocycles. The smallest absolute Gasteiger partial charge is 0.194 e. The molecule has 0 aromatic carbocycles. The van der Waals surface area contributed by atoms with Crippen LogP contribution < -0.4 is 0 Å². The monoisotopic (exact) mass is 195 g/mol. The first-order chi connectivity index (χ1) is 5.75. The number of aliphatic imine (C=N–C) groups is 1. The van der Waals surface area contributed by atoms with E-state index >= 15 is 0 Å². The zero-order chi connectivity index (χ0) is 8.55. The van der Waals surface area contributed by atoms with Gasteiger partial charge in [0.2, 0.25) is 5.11 Å². The fourth-order valence-corrected chi connectivity index (χ4v) is 1.81. The number of nitrogens with zero attached hydrogens (tertiary/aromatic N) is 3. The molecule has 5 heteroatoms. The summed E-state index contributed by atoms with van der Waals surface area (Å²) < 4.78 is 0. The number of hydrogen-bond donors (Lipinski definition) is 0. The van der Waals surface area contributed by atoms with Crippen LogP contribution in [-0.4, -0.2) is 10.9 Å². The summed E-state index contributed by atoms with van der Waals surface area (Å²) in [5, 5.41) is 7.82. The van der Waals surface area contributed by atoms with Gasteiger partial charge >= 0.3 is 0 Å². The normalized spacial score (nSPS) is 15.4. The number of thiophene rings is 1. The van der Waals surface area contributed by atoms with E-state index < -0.39 is 0 Å². The Morgan fingerprint density at radius 3 is 2.67 bits per heavy atom. The zero-order valence-corrected chi connectivity index (χ0v) is 7.95. The Morgan fingerprint density at radius 1 is 1.33 bits per heavy atom. The first-order valence-corrected chi connectivity index (χ1v) is 4.59. The van der Waals surface area contributed by atoms with Crippen LogP contribution in [0.25, 0.3) is 0 Å². The van der Waals surface area contributed by atoms with E-state index in [2.05, 4.69) is 15.2 Å². The van der Waals surface area contributed by atoms with Crippen molar-refractivity contribution in [3.8, 4) is 0 Å². The van der Waals surface area contributed by atoms with Crippen LogP contribution in [0.2, 0.25) is 0 Å². The second-order valence-electron chi connectivity index (χ2n) is 2.33. The van der Waals surface area contributed by atoms with Crippen molar-refractivity contribution in [2.24, 2.45) is 15.2 Å². The van der Waals surface area contributed by atoms with Gasteiger partial charge in [0, 0.05) is 4.88 Å². The molecule has 3 nitrogen and oxygen atoms in total. The molecule has 0 radical (unpaired) electrons. The number of amidine groups is 1. The lowest BCUT2D eigenvalue weighted by atomic mass is 10.4. The van der Waals surface area contributed by atoms with Gasteiger partial charge in [0.15, 0.2) is 5.84 Å². The van der Waals surface area contributed by atoms with Gasteiger partial charge in [0.05, 0.1) is 4.88 Å². The Bertz CT molecular complexity index is 389. The summed E-state index contributed by atoms with van der Waals surface area (Å²) in [7, 11) is 0. The molecular formula is C7H5N3S2. The Hall–Kier alpha value is -0.940. The van der Waals surface area contributed by atoms with Crippen LogP contribution in [0.3, 0.4) is 0 Å². The summed E-state index contributed by atoms with van der Waals surface area (Å²) in [5.74, 6) is 0.637. The van der Waals surface area contributed by atoms with E-state index in [0.717, 1.165) is 4.88 Å². The second kappa shape index (κ2) is 2.84. The van der Waals surface area contributed by atoms with Gasteiger partial charge in [-0.1, -0.05) is 0 Å². The van der Waals surface area contributed by atoms with Gasteiger partial charge in [0.25, 0.3) is 0 Å². The summed E-state index contributed by atoms with van der Waals surface area (Å²) in [5.41, 5.74) is 0. The van der Waals surface area contributed by atoms with E-state index in [1.54, 1.807) is 11.3 Å². The molecule has 0 unspecified atom stereocenters. The predicted molar refractivity (Wildman–Crippen MR) is 53.0 cm³/mol. The molecule has 0 saturated heterocycles. The SMILES string of the molecule is Cc1ccc(C2=NC(=S)N=N2)s1. The Labute approximate surface area is 78.9 Å². The summed E-state index contributed by atoms with van der Waals surface area (Å²) in [6, 6.07) is 4.01. The molecule has 0 fully saturated rings. The third-order valence-electron chi connectivity index (χ3n) is 1.39. The zero-order valence-electron chi connectivity index (χ0n) is 6.31. The summed E-state index contributed by atoms with van der Waals surface area (Å²) in [6.45, 7) is 2.04. The fourth-order valence-electron chi connectivity index (χ4n) is 0.885. The molecule has 0 amide bonds. The van der Waals surface area contributed by atoms with Crippen molar-refractivity contribution >= 4 is 34.5 Å².